The average Bonchev–Trinajstić information content (AvgIpc) is 2.76. The van der Waals surface area contributed by atoms with E-state index in [4.69, 9.17) is 4.74 Å². The van der Waals surface area contributed by atoms with Crippen LogP contribution in [-0.4, -0.2) is 30.3 Å². The molecule has 0 fully saturated rings. The molecule has 2 rings (SSSR count). The highest BCUT2D eigenvalue weighted by Crippen LogP contribution is 2.11. The number of hydrogen-bond acceptors (Lipinski definition) is 5. The zero-order chi connectivity index (χ0) is 17.5. The van der Waals surface area contributed by atoms with E-state index in [-0.39, 0.29) is 5.65 Å². The molecule has 0 radical (unpaired) electrons. The van der Waals surface area contributed by atoms with E-state index in [2.05, 4.69) is 4.98 Å². The van der Waals surface area contributed by atoms with E-state index < -0.39 is 22.8 Å². The van der Waals surface area contributed by atoms with Crippen molar-refractivity contribution in [1.29, 1.82) is 0 Å². The number of aryl methyl sites for hydroxylation is 2. The normalized spacial score (nSPS) is 12.3. The van der Waals surface area contributed by atoms with Crippen LogP contribution in [0.1, 0.15) is 26.6 Å². The number of imidazole rings is 1. The molecule has 0 saturated heterocycles. The van der Waals surface area contributed by atoms with Gasteiger partial charge in [-0.1, -0.05) is 0 Å². The molecule has 0 N–H and O–H groups in total. The summed E-state index contributed by atoms with van der Waals surface area (Å²) in [6.07, 6.45) is 2.70. The second kappa shape index (κ2) is 5.53. The zero-order valence-corrected chi connectivity index (χ0v) is 14.1. The summed E-state index contributed by atoms with van der Waals surface area (Å²) in [5, 5.41) is 0. The highest BCUT2D eigenvalue weighted by Gasteiger charge is 2.17. The lowest BCUT2D eigenvalue weighted by Gasteiger charge is -2.17. The molecule has 0 atom stereocenters. The first-order valence-electron chi connectivity index (χ1n) is 7.06. The largest absolute Gasteiger partial charge is 0.457 e. The Kier molecular flexibility index (Phi) is 4.02. The van der Waals surface area contributed by atoms with Crippen molar-refractivity contribution in [2.45, 2.75) is 26.4 Å². The summed E-state index contributed by atoms with van der Waals surface area (Å²) in [6, 6.07) is 0. The molecule has 23 heavy (non-hydrogen) atoms. The van der Waals surface area contributed by atoms with Crippen molar-refractivity contribution in [3.8, 4) is 0 Å². The lowest BCUT2D eigenvalue weighted by molar-refractivity contribution is -0.148. The molecule has 0 aliphatic carbocycles. The molecule has 0 amide bonds. The number of hydrogen-bond donors (Lipinski definition) is 0. The highest BCUT2D eigenvalue weighted by atomic mass is 16.6. The van der Waals surface area contributed by atoms with Crippen molar-refractivity contribution in [3.63, 3.8) is 0 Å². The SMILES string of the molecule is Cn1c(=O)c2c(nc(/C=C/C(=O)OC(C)(C)C)n2C)n(C)c1=O. The van der Waals surface area contributed by atoms with Crippen LogP contribution in [0.25, 0.3) is 17.2 Å². The third kappa shape index (κ3) is 3.10. The molecule has 2 aromatic rings. The van der Waals surface area contributed by atoms with Crippen LogP contribution in [0.4, 0.5) is 0 Å². The van der Waals surface area contributed by atoms with E-state index in [1.165, 1.54) is 28.3 Å². The smallest absolute Gasteiger partial charge is 0.332 e. The Morgan fingerprint density at radius 3 is 2.26 bits per heavy atom. The third-order valence-corrected chi connectivity index (χ3v) is 3.29. The van der Waals surface area contributed by atoms with Crippen molar-refractivity contribution in [3.05, 3.63) is 32.7 Å². The predicted molar refractivity (Wildman–Crippen MR) is 86.1 cm³/mol. The Balaban J connectivity index is 2.53. The van der Waals surface area contributed by atoms with E-state index in [0.717, 1.165) is 4.57 Å². The molecule has 8 nitrogen and oxygen atoms in total. The van der Waals surface area contributed by atoms with E-state index in [0.29, 0.717) is 11.3 Å². The quantitative estimate of drug-likeness (QED) is 0.587. The van der Waals surface area contributed by atoms with Gasteiger partial charge in [0.05, 0.1) is 0 Å². The summed E-state index contributed by atoms with van der Waals surface area (Å²) in [5.41, 5.74) is -0.922. The van der Waals surface area contributed by atoms with Gasteiger partial charge in [-0.05, 0) is 26.8 Å². The monoisotopic (exact) mass is 320 g/mol. The molecule has 2 heterocycles. The Morgan fingerprint density at radius 2 is 1.70 bits per heavy atom. The van der Waals surface area contributed by atoms with Crippen LogP contribution in [-0.2, 0) is 30.7 Å². The maximum absolute atomic E-state index is 12.2. The molecule has 2 aromatic heterocycles. The molecular weight excluding hydrogens is 300 g/mol. The van der Waals surface area contributed by atoms with Gasteiger partial charge in [0.1, 0.15) is 11.4 Å². The Hall–Kier alpha value is -2.64. The van der Waals surface area contributed by atoms with Gasteiger partial charge in [0, 0.05) is 27.2 Å². The van der Waals surface area contributed by atoms with E-state index in [1.54, 1.807) is 34.9 Å². The molecule has 0 aliphatic heterocycles. The topological polar surface area (TPSA) is 88.1 Å². The maximum Gasteiger partial charge on any atom is 0.332 e. The molecule has 0 unspecified atom stereocenters. The number of aromatic nitrogens is 4. The third-order valence-electron chi connectivity index (χ3n) is 3.29. The average molecular weight is 320 g/mol. The summed E-state index contributed by atoms with van der Waals surface area (Å²) >= 11 is 0. The fraction of sp³-hybridized carbons (Fsp3) is 0.467. The molecule has 0 aromatic carbocycles. The Labute approximate surface area is 132 Å². The second-order valence-electron chi connectivity index (χ2n) is 6.27. The minimum atomic E-state index is -0.590. The van der Waals surface area contributed by atoms with Gasteiger partial charge in [0.15, 0.2) is 11.2 Å². The van der Waals surface area contributed by atoms with E-state index in [1.807, 2.05) is 0 Å². The molecule has 8 heteroatoms. The van der Waals surface area contributed by atoms with E-state index in [9.17, 15) is 14.4 Å². The van der Waals surface area contributed by atoms with E-state index >= 15 is 0 Å². The number of rotatable bonds is 2. The fourth-order valence-corrected chi connectivity index (χ4v) is 2.16. The standard InChI is InChI=1S/C15H20N4O4/c1-15(2,3)23-10(20)8-7-9-16-12-11(17(9)4)13(21)19(6)14(22)18(12)5/h7-8H,1-6H3/b8-7+. The first-order chi connectivity index (χ1) is 10.5. The number of carbonyl (C=O) groups is 1. The van der Waals surface area contributed by atoms with Gasteiger partial charge in [0.25, 0.3) is 5.56 Å². The van der Waals surface area contributed by atoms with Gasteiger partial charge < -0.3 is 9.30 Å². The summed E-state index contributed by atoms with van der Waals surface area (Å²) in [6.45, 7) is 5.31. The van der Waals surface area contributed by atoms with Crippen molar-refractivity contribution in [2.75, 3.05) is 0 Å². The van der Waals surface area contributed by atoms with Crippen molar-refractivity contribution >= 4 is 23.2 Å². The van der Waals surface area contributed by atoms with Gasteiger partial charge in [-0.15, -0.1) is 0 Å². The van der Waals surface area contributed by atoms with Crippen LogP contribution in [0.2, 0.25) is 0 Å². The molecule has 0 saturated carbocycles. The minimum absolute atomic E-state index is 0.268. The first-order valence-corrected chi connectivity index (χ1v) is 7.06. The minimum Gasteiger partial charge on any atom is -0.457 e. The fourth-order valence-electron chi connectivity index (χ4n) is 2.16. The highest BCUT2D eigenvalue weighted by molar-refractivity contribution is 5.87. The summed E-state index contributed by atoms with van der Waals surface area (Å²) in [7, 11) is 4.60. The van der Waals surface area contributed by atoms with Gasteiger partial charge in [0.2, 0.25) is 0 Å². The molecule has 0 spiro atoms. The molecule has 0 aliphatic rings. The van der Waals surface area contributed by atoms with Crippen LogP contribution in [0, 0.1) is 0 Å². The lowest BCUT2D eigenvalue weighted by Crippen LogP contribution is -2.37. The molecule has 124 valence electrons. The van der Waals surface area contributed by atoms with Gasteiger partial charge in [-0.2, -0.15) is 0 Å². The lowest BCUT2D eigenvalue weighted by atomic mass is 10.2. The van der Waals surface area contributed by atoms with Crippen LogP contribution < -0.4 is 11.2 Å². The Morgan fingerprint density at radius 1 is 1.09 bits per heavy atom. The van der Waals surface area contributed by atoms with Gasteiger partial charge >= 0.3 is 11.7 Å². The van der Waals surface area contributed by atoms with Crippen LogP contribution in [0.3, 0.4) is 0 Å². The molecular formula is C15H20N4O4. The van der Waals surface area contributed by atoms with Crippen molar-refractivity contribution in [1.82, 2.24) is 18.7 Å². The predicted octanol–water partition coefficient (Wildman–Crippen LogP) is 0.326. The van der Waals surface area contributed by atoms with Gasteiger partial charge in [-0.25, -0.2) is 14.6 Å². The van der Waals surface area contributed by atoms with Crippen molar-refractivity contribution < 1.29 is 9.53 Å². The number of nitrogens with zero attached hydrogens (tertiary/aromatic N) is 4. The molecule has 0 bridgehead atoms. The Bertz CT molecular complexity index is 922. The van der Waals surface area contributed by atoms with Gasteiger partial charge in [-0.3, -0.25) is 13.9 Å². The van der Waals surface area contributed by atoms with Crippen LogP contribution in [0.15, 0.2) is 15.7 Å². The first kappa shape index (κ1) is 16.7. The second-order valence-corrected chi connectivity index (χ2v) is 6.27. The summed E-state index contributed by atoms with van der Waals surface area (Å²) in [4.78, 5) is 40.2. The summed E-state index contributed by atoms with van der Waals surface area (Å²) in [5.74, 6) is -0.129. The number of carbonyl (C=O) groups excluding carboxylic acids is 1. The zero-order valence-electron chi connectivity index (χ0n) is 14.1. The van der Waals surface area contributed by atoms with Crippen LogP contribution >= 0.6 is 0 Å². The number of fused-ring (bicyclic) bond motifs is 1. The number of ether oxygens (including phenoxy) is 1. The number of esters is 1. The maximum atomic E-state index is 12.2. The van der Waals surface area contributed by atoms with Crippen LogP contribution in [0.5, 0.6) is 0 Å². The van der Waals surface area contributed by atoms with Crippen molar-refractivity contribution in [2.24, 2.45) is 21.1 Å². The summed E-state index contributed by atoms with van der Waals surface area (Å²) < 4.78 is 9.03.